The van der Waals surface area contributed by atoms with Crippen molar-refractivity contribution in [2.75, 3.05) is 19.8 Å². The second kappa shape index (κ2) is 6.96. The quantitative estimate of drug-likeness (QED) is 0.763. The van der Waals surface area contributed by atoms with E-state index in [0.717, 1.165) is 5.01 Å². The molecule has 5 heteroatoms. The third kappa shape index (κ3) is 4.57. The van der Waals surface area contributed by atoms with Crippen LogP contribution >= 0.6 is 11.3 Å². The summed E-state index contributed by atoms with van der Waals surface area (Å²) in [5.74, 6) is 0. The molecule has 0 saturated carbocycles. The van der Waals surface area contributed by atoms with Gasteiger partial charge in [-0.15, -0.1) is 11.3 Å². The number of thiazole rings is 1. The molecule has 0 aliphatic heterocycles. The van der Waals surface area contributed by atoms with Gasteiger partial charge in [-0.25, -0.2) is 4.98 Å². The molecule has 0 amide bonds. The molecule has 0 aliphatic carbocycles. The normalized spacial score (nSPS) is 15.0. The fraction of sp³-hybridized carbons (Fsp3) is 0.727. The average Bonchev–Trinajstić information content (AvgIpc) is 2.69. The molecular weight excluding hydrogens is 224 g/mol. The van der Waals surface area contributed by atoms with E-state index in [4.69, 9.17) is 4.74 Å². The van der Waals surface area contributed by atoms with Crippen molar-refractivity contribution in [3.63, 3.8) is 0 Å². The van der Waals surface area contributed by atoms with Gasteiger partial charge in [-0.05, 0) is 20.8 Å². The molecule has 0 bridgehead atoms. The summed E-state index contributed by atoms with van der Waals surface area (Å²) in [7, 11) is 0. The number of rotatable bonds is 7. The molecule has 0 saturated heterocycles. The first-order valence-electron chi connectivity index (χ1n) is 5.55. The van der Waals surface area contributed by atoms with Crippen LogP contribution in [0.1, 0.15) is 29.8 Å². The Hall–Kier alpha value is -0.490. The van der Waals surface area contributed by atoms with E-state index in [9.17, 15) is 5.11 Å². The second-order valence-corrected chi connectivity index (χ2v) is 5.02. The molecule has 92 valence electrons. The van der Waals surface area contributed by atoms with E-state index in [2.05, 4.69) is 10.3 Å². The largest absolute Gasteiger partial charge is 0.389 e. The zero-order valence-corrected chi connectivity index (χ0v) is 10.9. The Morgan fingerprint density at radius 1 is 1.62 bits per heavy atom. The van der Waals surface area contributed by atoms with Crippen LogP contribution in [0.3, 0.4) is 0 Å². The Balaban J connectivity index is 2.27. The van der Waals surface area contributed by atoms with Gasteiger partial charge in [0.2, 0.25) is 0 Å². The Morgan fingerprint density at radius 3 is 2.94 bits per heavy atom. The molecule has 1 heterocycles. The van der Waals surface area contributed by atoms with Gasteiger partial charge < -0.3 is 15.2 Å². The van der Waals surface area contributed by atoms with Gasteiger partial charge in [0.25, 0.3) is 0 Å². The summed E-state index contributed by atoms with van der Waals surface area (Å²) in [5.41, 5.74) is 0. The molecule has 4 nitrogen and oxygen atoms in total. The number of hydrogen-bond donors (Lipinski definition) is 2. The highest BCUT2D eigenvalue weighted by atomic mass is 32.1. The van der Waals surface area contributed by atoms with Crippen molar-refractivity contribution in [2.45, 2.75) is 32.9 Å². The number of aromatic nitrogens is 1. The third-order valence-electron chi connectivity index (χ3n) is 2.18. The van der Waals surface area contributed by atoms with Gasteiger partial charge in [-0.1, -0.05) is 0 Å². The van der Waals surface area contributed by atoms with Crippen molar-refractivity contribution >= 4 is 11.3 Å². The first kappa shape index (κ1) is 13.6. The lowest BCUT2D eigenvalue weighted by Gasteiger charge is -2.15. The predicted molar refractivity (Wildman–Crippen MR) is 65.8 cm³/mol. The Labute approximate surface area is 101 Å². The van der Waals surface area contributed by atoms with Gasteiger partial charge >= 0.3 is 0 Å². The number of nitrogens with one attached hydrogen (secondary N) is 1. The lowest BCUT2D eigenvalue weighted by molar-refractivity contribution is 0.0416. The lowest BCUT2D eigenvalue weighted by Crippen LogP contribution is -2.32. The maximum atomic E-state index is 9.58. The maximum Gasteiger partial charge on any atom is 0.109 e. The number of hydrogen-bond acceptors (Lipinski definition) is 5. The number of nitrogens with zero attached hydrogens (tertiary/aromatic N) is 1. The average molecular weight is 244 g/mol. The van der Waals surface area contributed by atoms with Crippen molar-refractivity contribution in [3.8, 4) is 0 Å². The van der Waals surface area contributed by atoms with Gasteiger partial charge in [-0.2, -0.15) is 0 Å². The van der Waals surface area contributed by atoms with Crippen LogP contribution in [0.4, 0.5) is 0 Å². The number of ether oxygens (including phenoxy) is 1. The van der Waals surface area contributed by atoms with E-state index in [-0.39, 0.29) is 6.04 Å². The molecule has 2 N–H and O–H groups in total. The second-order valence-electron chi connectivity index (χ2n) is 3.75. The van der Waals surface area contributed by atoms with Crippen LogP contribution < -0.4 is 5.32 Å². The highest BCUT2D eigenvalue weighted by Crippen LogP contribution is 2.18. The molecule has 1 aromatic heterocycles. The topological polar surface area (TPSA) is 54.4 Å². The van der Waals surface area contributed by atoms with Crippen LogP contribution in [0.5, 0.6) is 0 Å². The maximum absolute atomic E-state index is 9.58. The summed E-state index contributed by atoms with van der Waals surface area (Å²) < 4.78 is 5.13. The molecule has 2 unspecified atom stereocenters. The first-order chi connectivity index (χ1) is 7.63. The van der Waals surface area contributed by atoms with Gasteiger partial charge in [-0.3, -0.25) is 0 Å². The van der Waals surface area contributed by atoms with Crippen LogP contribution in [0.15, 0.2) is 6.20 Å². The summed E-state index contributed by atoms with van der Waals surface area (Å²) in [6.07, 6.45) is 1.41. The van der Waals surface area contributed by atoms with Crippen molar-refractivity contribution < 1.29 is 9.84 Å². The van der Waals surface area contributed by atoms with Gasteiger partial charge in [0.15, 0.2) is 0 Å². The fourth-order valence-corrected chi connectivity index (χ4v) is 2.09. The monoisotopic (exact) mass is 244 g/mol. The minimum absolute atomic E-state index is 0.176. The van der Waals surface area contributed by atoms with Crippen molar-refractivity contribution in [2.24, 2.45) is 0 Å². The van der Waals surface area contributed by atoms with E-state index >= 15 is 0 Å². The molecule has 0 spiro atoms. The fourth-order valence-electron chi connectivity index (χ4n) is 1.29. The van der Waals surface area contributed by atoms with Crippen LogP contribution in [0, 0.1) is 6.92 Å². The molecule has 0 fully saturated rings. The number of aliphatic hydroxyl groups is 1. The van der Waals surface area contributed by atoms with Gasteiger partial charge in [0, 0.05) is 24.2 Å². The highest BCUT2D eigenvalue weighted by molar-refractivity contribution is 7.11. The Bertz CT molecular complexity index is 304. The molecule has 0 radical (unpaired) electrons. The van der Waals surface area contributed by atoms with Crippen LogP contribution in [-0.2, 0) is 4.74 Å². The first-order valence-corrected chi connectivity index (χ1v) is 6.36. The molecule has 0 aromatic carbocycles. The minimum Gasteiger partial charge on any atom is -0.389 e. The van der Waals surface area contributed by atoms with Crippen molar-refractivity contribution in [1.82, 2.24) is 10.3 Å². The van der Waals surface area contributed by atoms with E-state index in [1.165, 1.54) is 4.88 Å². The molecular formula is C11H20N2O2S. The van der Waals surface area contributed by atoms with E-state index < -0.39 is 6.10 Å². The van der Waals surface area contributed by atoms with E-state index in [0.29, 0.717) is 19.8 Å². The van der Waals surface area contributed by atoms with E-state index in [1.807, 2.05) is 27.0 Å². The Morgan fingerprint density at radius 2 is 2.38 bits per heavy atom. The smallest absolute Gasteiger partial charge is 0.109 e. The van der Waals surface area contributed by atoms with Crippen LogP contribution in [-0.4, -0.2) is 36.0 Å². The summed E-state index contributed by atoms with van der Waals surface area (Å²) in [5, 5.41) is 13.9. The predicted octanol–water partition coefficient (Wildman–Crippen LogP) is 1.50. The molecule has 16 heavy (non-hydrogen) atoms. The van der Waals surface area contributed by atoms with Gasteiger partial charge in [0.05, 0.1) is 18.8 Å². The summed E-state index contributed by atoms with van der Waals surface area (Å²) in [6, 6.07) is 0.176. The van der Waals surface area contributed by atoms with Crippen molar-refractivity contribution in [3.05, 3.63) is 16.1 Å². The zero-order chi connectivity index (χ0) is 12.0. The third-order valence-corrected chi connectivity index (χ3v) is 3.28. The van der Waals surface area contributed by atoms with Crippen LogP contribution in [0.2, 0.25) is 0 Å². The lowest BCUT2D eigenvalue weighted by atomic mass is 10.3. The summed E-state index contributed by atoms with van der Waals surface area (Å²) in [4.78, 5) is 5.51. The number of aryl methyl sites for hydroxylation is 1. The molecule has 0 aliphatic rings. The van der Waals surface area contributed by atoms with E-state index in [1.54, 1.807) is 11.3 Å². The van der Waals surface area contributed by atoms with Gasteiger partial charge in [0.1, 0.15) is 5.01 Å². The zero-order valence-electron chi connectivity index (χ0n) is 10.1. The Kier molecular flexibility index (Phi) is 5.90. The standard InChI is InChI=1S/C11H20N2O2S/c1-4-15-7-10(14)6-12-9(3)11-13-5-8(2)16-11/h5,9-10,12,14H,4,6-7H2,1-3H3. The van der Waals surface area contributed by atoms with Crippen LogP contribution in [0.25, 0.3) is 0 Å². The molecule has 2 atom stereocenters. The number of aliphatic hydroxyl groups excluding tert-OH is 1. The summed E-state index contributed by atoms with van der Waals surface area (Å²) in [6.45, 7) is 7.55. The SMILES string of the molecule is CCOCC(O)CNC(C)c1ncc(C)s1. The minimum atomic E-state index is -0.455. The molecule has 1 aromatic rings. The van der Waals surface area contributed by atoms with Crippen molar-refractivity contribution in [1.29, 1.82) is 0 Å². The summed E-state index contributed by atoms with van der Waals surface area (Å²) >= 11 is 1.68. The highest BCUT2D eigenvalue weighted by Gasteiger charge is 2.11. The molecule has 1 rings (SSSR count).